The zero-order chi connectivity index (χ0) is 13.9. The van der Waals surface area contributed by atoms with E-state index in [4.69, 9.17) is 4.74 Å². The Morgan fingerprint density at radius 2 is 1.95 bits per heavy atom. The van der Waals surface area contributed by atoms with Gasteiger partial charge in [0.1, 0.15) is 0 Å². The summed E-state index contributed by atoms with van der Waals surface area (Å²) in [6.45, 7) is 1.58. The first-order valence-corrected chi connectivity index (χ1v) is 6.37. The fourth-order valence-electron chi connectivity index (χ4n) is 2.55. The summed E-state index contributed by atoms with van der Waals surface area (Å²) in [6.07, 6.45) is -2.43. The first kappa shape index (κ1) is 14.3. The summed E-state index contributed by atoms with van der Waals surface area (Å²) in [5, 5.41) is 3.36. The van der Waals surface area contributed by atoms with Crippen LogP contribution in [0.1, 0.15) is 17.5 Å². The first-order valence-electron chi connectivity index (χ1n) is 6.37. The van der Waals surface area contributed by atoms with Crippen LogP contribution in [-0.4, -0.2) is 26.3 Å². The fourth-order valence-corrected chi connectivity index (χ4v) is 2.55. The summed E-state index contributed by atoms with van der Waals surface area (Å²) in [7, 11) is 1.67. The quantitative estimate of drug-likeness (QED) is 0.910. The Bertz CT molecular complexity index is 402. The molecule has 0 radical (unpaired) electrons. The molecule has 1 N–H and O–H groups in total. The van der Waals surface area contributed by atoms with E-state index in [1.165, 1.54) is 0 Å². The van der Waals surface area contributed by atoms with Crippen LogP contribution >= 0.6 is 0 Å². The van der Waals surface area contributed by atoms with Crippen LogP contribution in [0.15, 0.2) is 24.3 Å². The third-order valence-electron chi connectivity index (χ3n) is 3.49. The lowest BCUT2D eigenvalue weighted by atomic mass is 9.96. The topological polar surface area (TPSA) is 21.3 Å². The molecule has 2 unspecified atom stereocenters. The van der Waals surface area contributed by atoms with Crippen molar-refractivity contribution in [3.8, 4) is 0 Å². The Kier molecular flexibility index (Phi) is 4.47. The molecular weight excluding hydrogens is 255 g/mol. The monoisotopic (exact) mass is 273 g/mol. The maximum absolute atomic E-state index is 12.4. The van der Waals surface area contributed by atoms with Crippen molar-refractivity contribution in [2.24, 2.45) is 5.92 Å². The lowest BCUT2D eigenvalue weighted by Crippen LogP contribution is -2.25. The van der Waals surface area contributed by atoms with Gasteiger partial charge in [-0.1, -0.05) is 12.1 Å². The first-order chi connectivity index (χ1) is 8.99. The molecule has 2 rings (SSSR count). The highest BCUT2D eigenvalue weighted by Gasteiger charge is 2.30. The number of alkyl halides is 3. The molecule has 1 saturated heterocycles. The number of benzene rings is 1. The second-order valence-electron chi connectivity index (χ2n) is 5.06. The summed E-state index contributed by atoms with van der Waals surface area (Å²) in [5.74, 6) is 0.469. The predicted octanol–water partition coefficient (Wildman–Crippen LogP) is 2.87. The number of methoxy groups -OCH3 is 1. The van der Waals surface area contributed by atoms with Gasteiger partial charge < -0.3 is 10.1 Å². The summed E-state index contributed by atoms with van der Waals surface area (Å²) < 4.78 is 42.4. The lowest BCUT2D eigenvalue weighted by molar-refractivity contribution is -0.137. The molecule has 1 aromatic carbocycles. The van der Waals surface area contributed by atoms with Gasteiger partial charge in [0.25, 0.3) is 0 Å². The van der Waals surface area contributed by atoms with E-state index in [0.29, 0.717) is 18.6 Å². The zero-order valence-electron chi connectivity index (χ0n) is 10.8. The van der Waals surface area contributed by atoms with E-state index >= 15 is 0 Å². The normalized spacial score (nSPS) is 23.8. The molecule has 0 aliphatic carbocycles. The van der Waals surface area contributed by atoms with Crippen LogP contribution in [-0.2, 0) is 17.3 Å². The van der Waals surface area contributed by atoms with Gasteiger partial charge in [-0.05, 0) is 43.0 Å². The van der Waals surface area contributed by atoms with Crippen molar-refractivity contribution in [1.29, 1.82) is 0 Å². The molecular formula is C14H18F3NO. The average molecular weight is 273 g/mol. The Morgan fingerprint density at radius 3 is 2.53 bits per heavy atom. The second kappa shape index (κ2) is 5.92. The van der Waals surface area contributed by atoms with Gasteiger partial charge in [-0.25, -0.2) is 0 Å². The minimum atomic E-state index is -4.25. The van der Waals surface area contributed by atoms with Crippen LogP contribution in [0.3, 0.4) is 0 Å². The van der Waals surface area contributed by atoms with E-state index in [0.717, 1.165) is 37.1 Å². The van der Waals surface area contributed by atoms with E-state index in [1.54, 1.807) is 19.2 Å². The van der Waals surface area contributed by atoms with Crippen molar-refractivity contribution < 1.29 is 17.9 Å². The lowest BCUT2D eigenvalue weighted by Gasteiger charge is -2.11. The third kappa shape index (κ3) is 3.94. The van der Waals surface area contributed by atoms with Gasteiger partial charge in [0.05, 0.1) is 12.2 Å². The molecule has 0 bridgehead atoms. The number of hydrogen-bond donors (Lipinski definition) is 1. The van der Waals surface area contributed by atoms with Crippen LogP contribution in [0.2, 0.25) is 0 Å². The number of ether oxygens (including phenoxy) is 1. The molecule has 0 saturated carbocycles. The molecule has 106 valence electrons. The third-order valence-corrected chi connectivity index (χ3v) is 3.49. The number of halogens is 3. The van der Waals surface area contributed by atoms with E-state index in [-0.39, 0.29) is 0 Å². The van der Waals surface area contributed by atoms with Crippen LogP contribution < -0.4 is 5.32 Å². The van der Waals surface area contributed by atoms with Crippen LogP contribution in [0.4, 0.5) is 13.2 Å². The van der Waals surface area contributed by atoms with Gasteiger partial charge in [-0.2, -0.15) is 13.2 Å². The minimum Gasteiger partial charge on any atom is -0.383 e. The summed E-state index contributed by atoms with van der Waals surface area (Å²) in [5.41, 5.74) is 0.371. The molecule has 2 atom stereocenters. The van der Waals surface area contributed by atoms with Gasteiger partial charge in [-0.15, -0.1) is 0 Å². The van der Waals surface area contributed by atoms with E-state index in [2.05, 4.69) is 5.32 Å². The second-order valence-corrected chi connectivity index (χ2v) is 5.06. The minimum absolute atomic E-state index is 0.365. The van der Waals surface area contributed by atoms with Gasteiger partial charge in [0, 0.05) is 13.2 Å². The zero-order valence-corrected chi connectivity index (χ0v) is 10.8. The van der Waals surface area contributed by atoms with E-state index < -0.39 is 11.7 Å². The molecule has 1 aliphatic heterocycles. The van der Waals surface area contributed by atoms with E-state index in [9.17, 15) is 13.2 Å². The molecule has 1 fully saturated rings. The van der Waals surface area contributed by atoms with Crippen LogP contribution in [0.25, 0.3) is 0 Å². The highest BCUT2D eigenvalue weighted by Crippen LogP contribution is 2.29. The number of rotatable bonds is 4. The molecule has 5 heteroatoms. The van der Waals surface area contributed by atoms with E-state index in [1.807, 2.05) is 0 Å². The van der Waals surface area contributed by atoms with Crippen LogP contribution in [0.5, 0.6) is 0 Å². The van der Waals surface area contributed by atoms with Crippen molar-refractivity contribution in [2.75, 3.05) is 20.3 Å². The van der Waals surface area contributed by atoms with Crippen molar-refractivity contribution in [1.82, 2.24) is 5.32 Å². The standard InChI is InChI=1S/C14H18F3NO/c1-19-9-13-7-11(8-18-13)6-10-2-4-12(5-3-10)14(15,16)17/h2-5,11,13,18H,6-9H2,1H3. The predicted molar refractivity (Wildman–Crippen MR) is 66.9 cm³/mol. The smallest absolute Gasteiger partial charge is 0.383 e. The van der Waals surface area contributed by atoms with Gasteiger partial charge in [0.2, 0.25) is 0 Å². The molecule has 1 aliphatic rings. The van der Waals surface area contributed by atoms with Gasteiger partial charge in [-0.3, -0.25) is 0 Å². The summed E-state index contributed by atoms with van der Waals surface area (Å²) >= 11 is 0. The largest absolute Gasteiger partial charge is 0.416 e. The average Bonchev–Trinajstić information content (AvgIpc) is 2.77. The fraction of sp³-hybridized carbons (Fsp3) is 0.571. The maximum Gasteiger partial charge on any atom is 0.416 e. The molecule has 1 heterocycles. The Balaban J connectivity index is 1.90. The van der Waals surface area contributed by atoms with Crippen molar-refractivity contribution >= 4 is 0 Å². The Hall–Kier alpha value is -1.07. The van der Waals surface area contributed by atoms with Crippen LogP contribution in [0, 0.1) is 5.92 Å². The molecule has 1 aromatic rings. The number of nitrogens with one attached hydrogen (secondary N) is 1. The Morgan fingerprint density at radius 1 is 1.26 bits per heavy atom. The summed E-state index contributed by atoms with van der Waals surface area (Å²) in [6, 6.07) is 5.83. The SMILES string of the molecule is COCC1CC(Cc2ccc(C(F)(F)F)cc2)CN1. The molecule has 0 spiro atoms. The molecule has 19 heavy (non-hydrogen) atoms. The maximum atomic E-state index is 12.4. The Labute approximate surface area is 111 Å². The van der Waals surface area contributed by atoms with Gasteiger partial charge in [0.15, 0.2) is 0 Å². The molecule has 0 amide bonds. The van der Waals surface area contributed by atoms with Crippen molar-refractivity contribution in [3.05, 3.63) is 35.4 Å². The molecule has 2 nitrogen and oxygen atoms in total. The number of hydrogen-bond acceptors (Lipinski definition) is 2. The molecule has 0 aromatic heterocycles. The van der Waals surface area contributed by atoms with Gasteiger partial charge >= 0.3 is 6.18 Å². The highest BCUT2D eigenvalue weighted by molar-refractivity contribution is 5.25. The highest BCUT2D eigenvalue weighted by atomic mass is 19.4. The van der Waals surface area contributed by atoms with Crippen molar-refractivity contribution in [3.63, 3.8) is 0 Å². The summed E-state index contributed by atoms with van der Waals surface area (Å²) in [4.78, 5) is 0. The van der Waals surface area contributed by atoms with Crippen molar-refractivity contribution in [2.45, 2.75) is 25.1 Å².